The minimum absolute atomic E-state index is 0.0354. The number of methoxy groups -OCH3 is 1. The SMILES string of the molecule is COCCOc1cc(O[C@H]2CC[C@H](NC(=O)c3ccc(Cl)nn3)CC2)ccc1C#N. The fourth-order valence-corrected chi connectivity index (χ4v) is 3.34. The molecular weight excluding hydrogens is 408 g/mol. The average molecular weight is 431 g/mol. The van der Waals surface area contributed by atoms with Gasteiger partial charge in [0.25, 0.3) is 5.91 Å². The van der Waals surface area contributed by atoms with Crippen LogP contribution in [0.3, 0.4) is 0 Å². The Hall–Kier alpha value is -2.89. The number of amides is 1. The van der Waals surface area contributed by atoms with Crippen molar-refractivity contribution in [2.45, 2.75) is 37.8 Å². The van der Waals surface area contributed by atoms with E-state index in [-0.39, 0.29) is 28.9 Å². The molecular formula is C21H23ClN4O4. The fraction of sp³-hybridized carbons (Fsp3) is 0.429. The zero-order valence-corrected chi connectivity index (χ0v) is 17.4. The van der Waals surface area contributed by atoms with Crippen LogP contribution in [0.1, 0.15) is 41.7 Å². The summed E-state index contributed by atoms with van der Waals surface area (Å²) < 4.78 is 16.7. The molecule has 0 spiro atoms. The Kier molecular flexibility index (Phi) is 7.82. The van der Waals surface area contributed by atoms with Crippen molar-refractivity contribution in [3.05, 3.63) is 46.7 Å². The van der Waals surface area contributed by atoms with Gasteiger partial charge in [-0.25, -0.2) is 0 Å². The number of benzene rings is 1. The van der Waals surface area contributed by atoms with Gasteiger partial charge in [-0.1, -0.05) is 11.6 Å². The van der Waals surface area contributed by atoms with Crippen LogP contribution < -0.4 is 14.8 Å². The lowest BCUT2D eigenvalue weighted by Crippen LogP contribution is -2.40. The third-order valence-electron chi connectivity index (χ3n) is 4.80. The molecule has 1 aromatic heterocycles. The molecule has 0 aliphatic heterocycles. The second-order valence-corrected chi connectivity index (χ2v) is 7.30. The van der Waals surface area contributed by atoms with Crippen molar-refractivity contribution in [1.29, 1.82) is 5.26 Å². The summed E-state index contributed by atoms with van der Waals surface area (Å²) in [6, 6.07) is 10.5. The Morgan fingerprint density at radius 1 is 1.20 bits per heavy atom. The third kappa shape index (κ3) is 6.05. The summed E-state index contributed by atoms with van der Waals surface area (Å²) in [6.07, 6.45) is 3.23. The minimum atomic E-state index is -0.256. The van der Waals surface area contributed by atoms with Crippen LogP contribution in [0.5, 0.6) is 11.5 Å². The molecule has 8 nitrogen and oxygen atoms in total. The maximum atomic E-state index is 12.3. The van der Waals surface area contributed by atoms with Crippen LogP contribution >= 0.6 is 11.6 Å². The van der Waals surface area contributed by atoms with Crippen molar-refractivity contribution < 1.29 is 19.0 Å². The number of hydrogen-bond acceptors (Lipinski definition) is 7. The highest BCUT2D eigenvalue weighted by molar-refractivity contribution is 6.29. The normalized spacial score (nSPS) is 18.3. The Morgan fingerprint density at radius 2 is 2.00 bits per heavy atom. The van der Waals surface area contributed by atoms with Crippen LogP contribution in [0, 0.1) is 11.3 Å². The van der Waals surface area contributed by atoms with Crippen molar-refractivity contribution in [3.8, 4) is 17.6 Å². The molecule has 1 amide bonds. The van der Waals surface area contributed by atoms with Crippen molar-refractivity contribution in [1.82, 2.24) is 15.5 Å². The predicted molar refractivity (Wildman–Crippen MR) is 110 cm³/mol. The van der Waals surface area contributed by atoms with Gasteiger partial charge in [0.05, 0.1) is 18.3 Å². The molecule has 3 rings (SSSR count). The molecule has 0 saturated heterocycles. The Morgan fingerprint density at radius 3 is 2.67 bits per heavy atom. The number of rotatable bonds is 8. The quantitative estimate of drug-likeness (QED) is 0.641. The summed E-state index contributed by atoms with van der Waals surface area (Å²) in [6.45, 7) is 0.796. The zero-order valence-electron chi connectivity index (χ0n) is 16.6. The van der Waals surface area contributed by atoms with Gasteiger partial charge in [-0.05, 0) is 49.9 Å². The van der Waals surface area contributed by atoms with E-state index in [1.165, 1.54) is 0 Å². The number of hydrogen-bond donors (Lipinski definition) is 1. The molecule has 1 N–H and O–H groups in total. The summed E-state index contributed by atoms with van der Waals surface area (Å²) in [5.74, 6) is 0.885. The first-order valence-electron chi connectivity index (χ1n) is 9.71. The number of nitriles is 1. The molecule has 0 atom stereocenters. The largest absolute Gasteiger partial charge is 0.490 e. The molecule has 1 aromatic carbocycles. The fourth-order valence-electron chi connectivity index (χ4n) is 3.24. The second-order valence-electron chi connectivity index (χ2n) is 6.92. The summed E-state index contributed by atoms with van der Waals surface area (Å²) in [5, 5.41) is 20.0. The van der Waals surface area contributed by atoms with Gasteiger partial charge in [0.15, 0.2) is 10.8 Å². The molecule has 30 heavy (non-hydrogen) atoms. The molecule has 1 aliphatic rings. The third-order valence-corrected chi connectivity index (χ3v) is 5.00. The second kappa shape index (κ2) is 10.8. The highest BCUT2D eigenvalue weighted by atomic mass is 35.5. The Bertz CT molecular complexity index is 893. The summed E-state index contributed by atoms with van der Waals surface area (Å²) in [5.41, 5.74) is 0.700. The lowest BCUT2D eigenvalue weighted by Gasteiger charge is -2.29. The Balaban J connectivity index is 1.50. The molecule has 1 heterocycles. The van der Waals surface area contributed by atoms with Gasteiger partial charge in [0, 0.05) is 19.2 Å². The number of nitrogens with one attached hydrogen (secondary N) is 1. The highest BCUT2D eigenvalue weighted by Crippen LogP contribution is 2.28. The monoisotopic (exact) mass is 430 g/mol. The number of carbonyl (C=O) groups excluding carboxylic acids is 1. The van der Waals surface area contributed by atoms with E-state index in [4.69, 9.17) is 25.8 Å². The van der Waals surface area contributed by atoms with Crippen LogP contribution in [0.2, 0.25) is 5.15 Å². The first-order chi connectivity index (χ1) is 14.6. The molecule has 0 unspecified atom stereocenters. The van der Waals surface area contributed by atoms with E-state index in [2.05, 4.69) is 21.6 Å². The highest BCUT2D eigenvalue weighted by Gasteiger charge is 2.24. The molecule has 0 radical (unpaired) electrons. The molecule has 9 heteroatoms. The van der Waals surface area contributed by atoms with Crippen LogP contribution in [0.15, 0.2) is 30.3 Å². The van der Waals surface area contributed by atoms with Crippen LogP contribution in [0.4, 0.5) is 0 Å². The molecule has 158 valence electrons. The maximum Gasteiger partial charge on any atom is 0.272 e. The number of aromatic nitrogens is 2. The van der Waals surface area contributed by atoms with Gasteiger partial charge in [-0.15, -0.1) is 10.2 Å². The minimum Gasteiger partial charge on any atom is -0.490 e. The summed E-state index contributed by atoms with van der Waals surface area (Å²) >= 11 is 5.70. The van der Waals surface area contributed by atoms with Gasteiger partial charge < -0.3 is 19.5 Å². The van der Waals surface area contributed by atoms with Crippen molar-refractivity contribution in [2.24, 2.45) is 0 Å². The standard InChI is InChI=1S/C21H23ClN4O4/c1-28-10-11-29-19-12-17(5-2-14(19)13-23)30-16-6-3-15(4-7-16)24-21(27)18-8-9-20(22)26-25-18/h2,5,8-9,12,15-16H,3-4,6-7,10-11H2,1H3,(H,24,27)/t15-,16-. The van der Waals surface area contributed by atoms with Gasteiger partial charge in [-0.2, -0.15) is 5.26 Å². The van der Waals surface area contributed by atoms with Crippen molar-refractivity contribution in [3.63, 3.8) is 0 Å². The van der Waals surface area contributed by atoms with Crippen molar-refractivity contribution >= 4 is 17.5 Å². The number of halogens is 1. The lowest BCUT2D eigenvalue weighted by atomic mass is 9.92. The van der Waals surface area contributed by atoms with Crippen LogP contribution in [0.25, 0.3) is 0 Å². The smallest absolute Gasteiger partial charge is 0.272 e. The predicted octanol–water partition coefficient (Wildman–Crippen LogP) is 3.15. The van der Waals surface area contributed by atoms with Gasteiger partial charge in [0.1, 0.15) is 24.2 Å². The van der Waals surface area contributed by atoms with E-state index in [0.717, 1.165) is 25.7 Å². The van der Waals surface area contributed by atoms with Gasteiger partial charge in [0.2, 0.25) is 0 Å². The Labute approximate surface area is 180 Å². The van der Waals surface area contributed by atoms with E-state index in [0.29, 0.717) is 30.3 Å². The molecule has 1 saturated carbocycles. The number of carbonyl (C=O) groups is 1. The van der Waals surface area contributed by atoms with E-state index < -0.39 is 0 Å². The number of nitrogens with zero attached hydrogens (tertiary/aromatic N) is 3. The van der Waals surface area contributed by atoms with Crippen LogP contribution in [-0.4, -0.2) is 48.6 Å². The van der Waals surface area contributed by atoms with E-state index >= 15 is 0 Å². The lowest BCUT2D eigenvalue weighted by molar-refractivity contribution is 0.0887. The van der Waals surface area contributed by atoms with Crippen LogP contribution in [-0.2, 0) is 4.74 Å². The van der Waals surface area contributed by atoms with E-state index in [1.807, 2.05) is 0 Å². The van der Waals surface area contributed by atoms with Gasteiger partial charge >= 0.3 is 0 Å². The summed E-state index contributed by atoms with van der Waals surface area (Å²) in [4.78, 5) is 12.3. The maximum absolute atomic E-state index is 12.3. The summed E-state index contributed by atoms with van der Waals surface area (Å²) in [7, 11) is 1.59. The molecule has 1 fully saturated rings. The molecule has 0 bridgehead atoms. The number of ether oxygens (including phenoxy) is 3. The van der Waals surface area contributed by atoms with E-state index in [1.54, 1.807) is 37.4 Å². The molecule has 1 aliphatic carbocycles. The van der Waals surface area contributed by atoms with Gasteiger partial charge in [-0.3, -0.25) is 4.79 Å². The first-order valence-corrected chi connectivity index (χ1v) is 10.1. The zero-order chi connectivity index (χ0) is 21.3. The average Bonchev–Trinajstić information content (AvgIpc) is 2.76. The molecule has 2 aromatic rings. The first kappa shape index (κ1) is 21.8. The van der Waals surface area contributed by atoms with E-state index in [9.17, 15) is 10.1 Å². The topological polar surface area (TPSA) is 106 Å². The van der Waals surface area contributed by atoms with Crippen molar-refractivity contribution in [2.75, 3.05) is 20.3 Å².